The molecule has 140 valence electrons. The van der Waals surface area contributed by atoms with Crippen LogP contribution < -0.4 is 10.6 Å². The summed E-state index contributed by atoms with van der Waals surface area (Å²) in [5.74, 6) is 0.438. The van der Waals surface area contributed by atoms with Crippen LogP contribution >= 0.6 is 0 Å². The van der Waals surface area contributed by atoms with Crippen molar-refractivity contribution < 1.29 is 4.79 Å². The Morgan fingerprint density at radius 2 is 2.07 bits per heavy atom. The number of nitrogens with one attached hydrogen (secondary N) is 2. The summed E-state index contributed by atoms with van der Waals surface area (Å²) in [4.78, 5) is 21.1. The summed E-state index contributed by atoms with van der Waals surface area (Å²) in [6.45, 7) is 3.06. The molecule has 1 aliphatic heterocycles. The molecule has 0 aliphatic carbocycles. The third kappa shape index (κ3) is 4.14. The molecule has 7 heteroatoms. The molecular formula is C20H24N6O. The summed E-state index contributed by atoms with van der Waals surface area (Å²) in [5.41, 5.74) is 3.86. The van der Waals surface area contributed by atoms with Crippen molar-refractivity contribution >= 4 is 17.1 Å². The maximum Gasteiger partial charge on any atom is 0.220 e. The van der Waals surface area contributed by atoms with Crippen LogP contribution in [0.25, 0.3) is 11.2 Å². The Balaban J connectivity index is 1.35. The minimum atomic E-state index is 0.0571. The highest BCUT2D eigenvalue weighted by molar-refractivity contribution is 5.76. The second-order valence-electron chi connectivity index (χ2n) is 6.86. The summed E-state index contributed by atoms with van der Waals surface area (Å²) in [5, 5.41) is 11.1. The lowest BCUT2D eigenvalue weighted by atomic mass is 10.0. The second-order valence-corrected chi connectivity index (χ2v) is 6.86. The average molecular weight is 364 g/mol. The molecule has 1 fully saturated rings. The van der Waals surface area contributed by atoms with E-state index >= 15 is 0 Å². The first kappa shape index (κ1) is 17.6. The molecule has 1 saturated heterocycles. The van der Waals surface area contributed by atoms with Crippen molar-refractivity contribution in [3.8, 4) is 0 Å². The molecule has 0 radical (unpaired) electrons. The summed E-state index contributed by atoms with van der Waals surface area (Å²) < 4.78 is 1.87. The molecule has 27 heavy (non-hydrogen) atoms. The number of hydrogen-bond acceptors (Lipinski definition) is 5. The van der Waals surface area contributed by atoms with E-state index in [2.05, 4.69) is 20.6 Å². The zero-order valence-electron chi connectivity index (χ0n) is 15.3. The third-order valence-corrected chi connectivity index (χ3v) is 4.97. The number of fused-ring (bicyclic) bond motifs is 1. The Morgan fingerprint density at radius 3 is 2.89 bits per heavy atom. The van der Waals surface area contributed by atoms with Crippen LogP contribution in [0.15, 0.2) is 42.7 Å². The first-order chi connectivity index (χ1) is 13.3. The van der Waals surface area contributed by atoms with Gasteiger partial charge in [-0.2, -0.15) is 5.10 Å². The minimum absolute atomic E-state index is 0.0571. The molecule has 1 atom stereocenters. The third-order valence-electron chi connectivity index (χ3n) is 4.97. The van der Waals surface area contributed by atoms with E-state index in [1.54, 1.807) is 12.4 Å². The molecule has 0 bridgehead atoms. The minimum Gasteiger partial charge on any atom is -0.354 e. The normalized spacial score (nSPS) is 16.7. The van der Waals surface area contributed by atoms with Gasteiger partial charge in [0.25, 0.3) is 0 Å². The van der Waals surface area contributed by atoms with Crippen LogP contribution in [0.3, 0.4) is 0 Å². The van der Waals surface area contributed by atoms with Gasteiger partial charge in [-0.15, -0.1) is 0 Å². The van der Waals surface area contributed by atoms with Crippen molar-refractivity contribution in [3.05, 3.63) is 54.0 Å². The first-order valence-corrected chi connectivity index (χ1v) is 9.50. The topological polar surface area (TPSA) is 84.7 Å². The van der Waals surface area contributed by atoms with Crippen LogP contribution in [0.5, 0.6) is 0 Å². The van der Waals surface area contributed by atoms with Gasteiger partial charge in [0.05, 0.1) is 12.2 Å². The van der Waals surface area contributed by atoms with Gasteiger partial charge in [0.15, 0.2) is 5.65 Å². The van der Waals surface area contributed by atoms with Gasteiger partial charge in [0.1, 0.15) is 5.52 Å². The molecule has 0 saturated carbocycles. The number of amides is 1. The monoisotopic (exact) mass is 364 g/mol. The summed E-state index contributed by atoms with van der Waals surface area (Å²) >= 11 is 0. The predicted octanol–water partition coefficient (Wildman–Crippen LogP) is 1.65. The lowest BCUT2D eigenvalue weighted by Crippen LogP contribution is -2.27. The summed E-state index contributed by atoms with van der Waals surface area (Å²) in [6.07, 6.45) is 5.71. The van der Waals surface area contributed by atoms with Gasteiger partial charge in [-0.3, -0.25) is 4.79 Å². The SMILES string of the molecule is O=C(CCc1ccccc1)NCCn1nc([C@H]2CCNC2)c2nccnc21. The standard InChI is InChI=1S/C20H24N6O/c27-17(7-6-15-4-2-1-3-5-15)22-12-13-26-20-19(23-10-11-24-20)18(25-26)16-8-9-21-14-16/h1-5,10-11,16,21H,6-9,12-14H2,(H,22,27)/t16-/m0/s1. The van der Waals surface area contributed by atoms with E-state index in [0.717, 1.165) is 42.8 Å². The van der Waals surface area contributed by atoms with Gasteiger partial charge in [-0.1, -0.05) is 30.3 Å². The molecule has 1 aliphatic rings. The van der Waals surface area contributed by atoms with Crippen LogP contribution in [0, 0.1) is 0 Å². The number of hydrogen-bond donors (Lipinski definition) is 2. The molecule has 0 spiro atoms. The molecule has 2 N–H and O–H groups in total. The van der Waals surface area contributed by atoms with Crippen LogP contribution in [0.2, 0.25) is 0 Å². The van der Waals surface area contributed by atoms with E-state index in [-0.39, 0.29) is 5.91 Å². The van der Waals surface area contributed by atoms with E-state index in [1.807, 2.05) is 35.0 Å². The zero-order valence-corrected chi connectivity index (χ0v) is 15.3. The highest BCUT2D eigenvalue weighted by Gasteiger charge is 2.24. The largest absolute Gasteiger partial charge is 0.354 e. The van der Waals surface area contributed by atoms with Crippen molar-refractivity contribution in [1.82, 2.24) is 30.4 Å². The van der Waals surface area contributed by atoms with Crippen LogP contribution in [-0.4, -0.2) is 45.3 Å². The van der Waals surface area contributed by atoms with Crippen molar-refractivity contribution in [1.29, 1.82) is 0 Å². The molecule has 2 aromatic heterocycles. The van der Waals surface area contributed by atoms with Gasteiger partial charge < -0.3 is 10.6 Å². The molecule has 1 amide bonds. The highest BCUT2D eigenvalue weighted by Crippen LogP contribution is 2.26. The maximum atomic E-state index is 12.1. The number of carbonyl (C=O) groups is 1. The van der Waals surface area contributed by atoms with E-state index < -0.39 is 0 Å². The fraction of sp³-hybridized carbons (Fsp3) is 0.400. The molecule has 3 heterocycles. The van der Waals surface area contributed by atoms with Crippen LogP contribution in [0.4, 0.5) is 0 Å². The first-order valence-electron chi connectivity index (χ1n) is 9.50. The number of benzene rings is 1. The van der Waals surface area contributed by atoms with Gasteiger partial charge in [0.2, 0.25) is 5.91 Å². The van der Waals surface area contributed by atoms with Gasteiger partial charge >= 0.3 is 0 Å². The molecule has 3 aromatic rings. The lowest BCUT2D eigenvalue weighted by molar-refractivity contribution is -0.121. The summed E-state index contributed by atoms with van der Waals surface area (Å²) in [6, 6.07) is 10.1. The van der Waals surface area contributed by atoms with Gasteiger partial charge in [0, 0.05) is 37.8 Å². The summed E-state index contributed by atoms with van der Waals surface area (Å²) in [7, 11) is 0. The Bertz CT molecular complexity index is 901. The lowest BCUT2D eigenvalue weighted by Gasteiger charge is -2.06. The molecule has 4 rings (SSSR count). The molecule has 0 unspecified atom stereocenters. The van der Waals surface area contributed by atoms with Crippen molar-refractivity contribution in [2.75, 3.05) is 19.6 Å². The van der Waals surface area contributed by atoms with Crippen molar-refractivity contribution in [2.45, 2.75) is 31.7 Å². The van der Waals surface area contributed by atoms with E-state index in [4.69, 9.17) is 5.10 Å². The Kier molecular flexibility index (Phi) is 5.39. The predicted molar refractivity (Wildman–Crippen MR) is 103 cm³/mol. The number of carbonyl (C=O) groups excluding carboxylic acids is 1. The van der Waals surface area contributed by atoms with E-state index in [1.165, 1.54) is 5.56 Å². The fourth-order valence-corrected chi connectivity index (χ4v) is 3.54. The maximum absolute atomic E-state index is 12.1. The van der Waals surface area contributed by atoms with Gasteiger partial charge in [-0.05, 0) is 24.9 Å². The fourth-order valence-electron chi connectivity index (χ4n) is 3.54. The highest BCUT2D eigenvalue weighted by atomic mass is 16.1. The number of rotatable bonds is 7. The Hall–Kier alpha value is -2.80. The van der Waals surface area contributed by atoms with Crippen LogP contribution in [0.1, 0.15) is 30.0 Å². The Labute approximate surface area is 158 Å². The van der Waals surface area contributed by atoms with E-state index in [9.17, 15) is 4.79 Å². The molecule has 7 nitrogen and oxygen atoms in total. The van der Waals surface area contributed by atoms with Crippen LogP contribution in [-0.2, 0) is 17.8 Å². The van der Waals surface area contributed by atoms with Crippen molar-refractivity contribution in [3.63, 3.8) is 0 Å². The number of nitrogens with zero attached hydrogens (tertiary/aromatic N) is 4. The van der Waals surface area contributed by atoms with Gasteiger partial charge in [-0.25, -0.2) is 14.6 Å². The Morgan fingerprint density at radius 1 is 1.22 bits per heavy atom. The number of aromatic nitrogens is 4. The zero-order chi connectivity index (χ0) is 18.5. The quantitative estimate of drug-likeness (QED) is 0.666. The molecule has 1 aromatic carbocycles. The van der Waals surface area contributed by atoms with Crippen molar-refractivity contribution in [2.24, 2.45) is 0 Å². The van der Waals surface area contributed by atoms with E-state index in [0.29, 0.717) is 25.4 Å². The average Bonchev–Trinajstić information content (AvgIpc) is 3.35. The number of aryl methyl sites for hydroxylation is 1. The molecular weight excluding hydrogens is 340 g/mol. The second kappa shape index (κ2) is 8.26. The smallest absolute Gasteiger partial charge is 0.220 e.